The molecule has 0 fully saturated rings. The van der Waals surface area contributed by atoms with Gasteiger partial charge in [-0.05, 0) is 51.8 Å². The lowest BCUT2D eigenvalue weighted by molar-refractivity contribution is 0.256. The molecule has 4 aromatic rings. The van der Waals surface area contributed by atoms with E-state index in [1.165, 1.54) is 22.6 Å². The maximum absolute atomic E-state index is 12.1. The van der Waals surface area contributed by atoms with Gasteiger partial charge in [-0.1, -0.05) is 34.1 Å². The predicted molar refractivity (Wildman–Crippen MR) is 121 cm³/mol. The number of carbonyl (C=O) groups is 1. The molecule has 0 aliphatic rings. The van der Waals surface area contributed by atoms with Crippen molar-refractivity contribution in [3.63, 3.8) is 0 Å². The van der Waals surface area contributed by atoms with Gasteiger partial charge in [0.05, 0.1) is 20.5 Å². The van der Waals surface area contributed by atoms with Gasteiger partial charge in [-0.2, -0.15) is 0 Å². The third kappa shape index (κ3) is 3.36. The predicted octanol–water partition coefficient (Wildman–Crippen LogP) is 5.68. The minimum atomic E-state index is -0.564. The van der Waals surface area contributed by atoms with E-state index in [9.17, 15) is 4.79 Å². The number of primary amides is 1. The second kappa shape index (κ2) is 7.50. The number of aromatic nitrogens is 2. The lowest BCUT2D eigenvalue weighted by atomic mass is 10.1. The van der Waals surface area contributed by atoms with Crippen molar-refractivity contribution in [1.82, 2.24) is 9.97 Å². The van der Waals surface area contributed by atoms with Crippen molar-refractivity contribution in [2.75, 3.05) is 10.6 Å². The monoisotopic (exact) mass is 517 g/mol. The van der Waals surface area contributed by atoms with E-state index in [0.29, 0.717) is 17.2 Å². The number of hydrogen-bond acceptors (Lipinski definition) is 5. The summed E-state index contributed by atoms with van der Waals surface area (Å²) in [7, 11) is 0. The minimum absolute atomic E-state index is 0.430. The Morgan fingerprint density at radius 3 is 2.46 bits per heavy atom. The molecule has 140 valence electrons. The number of thiophene rings is 1. The van der Waals surface area contributed by atoms with E-state index in [0.717, 1.165) is 29.6 Å². The molecule has 2 aromatic carbocycles. The highest BCUT2D eigenvalue weighted by Gasteiger charge is 2.19. The van der Waals surface area contributed by atoms with Crippen LogP contribution >= 0.6 is 43.2 Å². The molecular weight excluding hydrogens is 506 g/mol. The van der Waals surface area contributed by atoms with Crippen molar-refractivity contribution in [3.05, 3.63) is 63.1 Å². The van der Waals surface area contributed by atoms with Crippen LogP contribution in [0.2, 0.25) is 0 Å². The fourth-order valence-electron chi connectivity index (χ4n) is 2.98. The number of halogens is 2. The Hall–Kier alpha value is -2.49. The van der Waals surface area contributed by atoms with E-state index >= 15 is 0 Å². The maximum atomic E-state index is 12.1. The number of nitrogen functional groups attached to an aromatic ring is 1. The van der Waals surface area contributed by atoms with Crippen molar-refractivity contribution < 1.29 is 4.79 Å². The lowest BCUT2D eigenvalue weighted by Crippen LogP contribution is -2.31. The van der Waals surface area contributed by atoms with Crippen LogP contribution in [0.3, 0.4) is 0 Å². The molecule has 0 spiro atoms. The van der Waals surface area contributed by atoms with Crippen molar-refractivity contribution in [2.24, 2.45) is 5.73 Å². The highest BCUT2D eigenvalue weighted by molar-refractivity contribution is 9.11. The van der Waals surface area contributed by atoms with Crippen LogP contribution in [0.5, 0.6) is 0 Å². The van der Waals surface area contributed by atoms with E-state index in [2.05, 4.69) is 41.8 Å². The van der Waals surface area contributed by atoms with Gasteiger partial charge in [0.15, 0.2) is 0 Å². The summed E-state index contributed by atoms with van der Waals surface area (Å²) in [5.41, 5.74) is 14.9. The largest absolute Gasteiger partial charge is 0.383 e. The van der Waals surface area contributed by atoms with Gasteiger partial charge in [0.1, 0.15) is 17.0 Å². The molecule has 6 nitrogen and oxygen atoms in total. The van der Waals surface area contributed by atoms with Gasteiger partial charge in [0.25, 0.3) is 0 Å². The minimum Gasteiger partial charge on any atom is -0.383 e. The van der Waals surface area contributed by atoms with Crippen LogP contribution in [0.1, 0.15) is 0 Å². The molecule has 0 saturated carbocycles. The van der Waals surface area contributed by atoms with Crippen LogP contribution in [-0.2, 0) is 0 Å². The number of benzene rings is 2. The van der Waals surface area contributed by atoms with E-state index in [1.807, 2.05) is 48.5 Å². The molecule has 0 aliphatic carbocycles. The molecule has 0 radical (unpaired) electrons. The van der Waals surface area contributed by atoms with Crippen molar-refractivity contribution in [2.45, 2.75) is 0 Å². The highest BCUT2D eigenvalue weighted by atomic mass is 79.9. The molecule has 2 aromatic heterocycles. The Balaban J connectivity index is 1.79. The number of amides is 2. The zero-order valence-corrected chi connectivity index (χ0v) is 18.3. The highest BCUT2D eigenvalue weighted by Crippen LogP contribution is 2.43. The summed E-state index contributed by atoms with van der Waals surface area (Å²) < 4.78 is 1.78. The number of urea groups is 1. The second-order valence-corrected chi connectivity index (χ2v) is 9.12. The summed E-state index contributed by atoms with van der Waals surface area (Å²) in [4.78, 5) is 22.7. The van der Waals surface area contributed by atoms with E-state index < -0.39 is 6.03 Å². The van der Waals surface area contributed by atoms with Gasteiger partial charge in [0.2, 0.25) is 0 Å². The molecule has 4 N–H and O–H groups in total. The number of nitrogens with zero attached hydrogens (tertiary/aromatic N) is 3. The standard InChI is InChI=1S/C19H13Br2N5OS/c20-11-2-1-3-13(8-11)26(19(23)27)12-6-4-10(5-7-12)14-15-17(22)24-9-25-18(15)28-16(14)21/h1-9H,(H2,23,27)(H2,22,24,25). The molecule has 0 unspecified atom stereocenters. The van der Waals surface area contributed by atoms with Crippen LogP contribution in [-0.4, -0.2) is 16.0 Å². The van der Waals surface area contributed by atoms with E-state index in [-0.39, 0.29) is 0 Å². The molecule has 2 heterocycles. The zero-order valence-electron chi connectivity index (χ0n) is 14.3. The Kier molecular flexibility index (Phi) is 5.05. The third-order valence-electron chi connectivity index (χ3n) is 4.18. The summed E-state index contributed by atoms with van der Waals surface area (Å²) in [6.45, 7) is 0. The first-order chi connectivity index (χ1) is 13.5. The average Bonchev–Trinajstić information content (AvgIpc) is 3.00. The zero-order chi connectivity index (χ0) is 19.8. The molecule has 0 atom stereocenters. The summed E-state index contributed by atoms with van der Waals surface area (Å²) in [6, 6.07) is 14.4. The summed E-state index contributed by atoms with van der Waals surface area (Å²) in [5.74, 6) is 0.430. The van der Waals surface area contributed by atoms with E-state index in [4.69, 9.17) is 11.5 Å². The Bertz CT molecular complexity index is 1190. The number of anilines is 3. The SMILES string of the molecule is NC(=O)N(c1ccc(-c2c(Br)sc3ncnc(N)c23)cc1)c1cccc(Br)c1. The first-order valence-electron chi connectivity index (χ1n) is 8.09. The second-order valence-electron chi connectivity index (χ2n) is 5.89. The topological polar surface area (TPSA) is 98.1 Å². The average molecular weight is 519 g/mol. The van der Waals surface area contributed by atoms with Crippen molar-refractivity contribution >= 4 is 76.6 Å². The summed E-state index contributed by atoms with van der Waals surface area (Å²) in [5, 5.41) is 0.811. The molecule has 9 heteroatoms. The Morgan fingerprint density at radius 1 is 1.04 bits per heavy atom. The quantitative estimate of drug-likeness (QED) is 0.364. The molecule has 0 saturated heterocycles. The third-order valence-corrected chi connectivity index (χ3v) is 6.44. The van der Waals surface area contributed by atoms with Crippen LogP contribution < -0.4 is 16.4 Å². The summed E-state index contributed by atoms with van der Waals surface area (Å²) >= 11 is 8.52. The van der Waals surface area contributed by atoms with Crippen LogP contribution in [0, 0.1) is 0 Å². The number of rotatable bonds is 3. The Labute approximate surface area is 181 Å². The van der Waals surface area contributed by atoms with Crippen LogP contribution in [0.25, 0.3) is 21.3 Å². The smallest absolute Gasteiger partial charge is 0.323 e. The van der Waals surface area contributed by atoms with Gasteiger partial charge in [-0.15, -0.1) is 11.3 Å². The van der Waals surface area contributed by atoms with Gasteiger partial charge < -0.3 is 11.5 Å². The van der Waals surface area contributed by atoms with Gasteiger partial charge in [0, 0.05) is 10.0 Å². The first-order valence-corrected chi connectivity index (χ1v) is 10.5. The summed E-state index contributed by atoms with van der Waals surface area (Å²) in [6.07, 6.45) is 1.45. The van der Waals surface area contributed by atoms with Crippen LogP contribution in [0.15, 0.2) is 63.1 Å². The molecular formula is C19H13Br2N5OS. The fraction of sp³-hybridized carbons (Fsp3) is 0. The Morgan fingerprint density at radius 2 is 1.79 bits per heavy atom. The number of carbonyl (C=O) groups excluding carboxylic acids is 1. The van der Waals surface area contributed by atoms with E-state index in [1.54, 1.807) is 0 Å². The lowest BCUT2D eigenvalue weighted by Gasteiger charge is -2.21. The number of nitrogens with two attached hydrogens (primary N) is 2. The number of fused-ring (bicyclic) bond motifs is 1. The molecule has 2 amide bonds. The van der Waals surface area contributed by atoms with Gasteiger partial charge in [-0.3, -0.25) is 4.90 Å². The van der Waals surface area contributed by atoms with Crippen LogP contribution in [0.4, 0.5) is 22.0 Å². The molecule has 28 heavy (non-hydrogen) atoms. The number of hydrogen-bond donors (Lipinski definition) is 2. The van der Waals surface area contributed by atoms with Gasteiger partial charge >= 0.3 is 6.03 Å². The van der Waals surface area contributed by atoms with Crippen molar-refractivity contribution in [3.8, 4) is 11.1 Å². The first kappa shape index (κ1) is 18.9. The molecule has 0 aliphatic heterocycles. The molecule has 4 rings (SSSR count). The maximum Gasteiger partial charge on any atom is 0.323 e. The van der Waals surface area contributed by atoms with Crippen molar-refractivity contribution in [1.29, 1.82) is 0 Å². The fourth-order valence-corrected chi connectivity index (χ4v) is 5.16. The molecule has 0 bridgehead atoms. The van der Waals surface area contributed by atoms with Gasteiger partial charge in [-0.25, -0.2) is 14.8 Å². The normalized spacial score (nSPS) is 10.9.